The second-order valence-electron chi connectivity index (χ2n) is 5.13. The van der Waals surface area contributed by atoms with Gasteiger partial charge in [-0.2, -0.15) is 0 Å². The molecule has 0 saturated carbocycles. The van der Waals surface area contributed by atoms with E-state index in [1.165, 1.54) is 16.7 Å². The monoisotopic (exact) mass is 339 g/mol. The smallest absolute Gasteiger partial charge is 0.268 e. The topological polar surface area (TPSA) is 46.6 Å². The van der Waals surface area contributed by atoms with Gasteiger partial charge in [0.15, 0.2) is 0 Å². The molecule has 0 unspecified atom stereocenters. The maximum atomic E-state index is 12.6. The second kappa shape index (κ2) is 7.31. The zero-order valence-corrected chi connectivity index (χ0v) is 14.3. The summed E-state index contributed by atoms with van der Waals surface area (Å²) in [4.78, 5) is 26.9. The first kappa shape index (κ1) is 17.1. The maximum Gasteiger partial charge on any atom is 0.268 e. The minimum Gasteiger partial charge on any atom is -0.383 e. The standard InChI is InChI=1S/C16H18ClNO3S/c1-10(2)22-14-13(11-4-6-12(17)7-5-11)15(19)18(16(14)20)8-9-21-3/h4-7,10H,8-9H2,1-3H3. The van der Waals surface area contributed by atoms with Crippen molar-refractivity contribution in [1.29, 1.82) is 0 Å². The van der Waals surface area contributed by atoms with Crippen LogP contribution in [0, 0.1) is 0 Å². The van der Waals surface area contributed by atoms with Gasteiger partial charge in [-0.25, -0.2) is 0 Å². The van der Waals surface area contributed by atoms with Gasteiger partial charge in [-0.1, -0.05) is 37.6 Å². The average molecular weight is 340 g/mol. The molecule has 1 aliphatic rings. The lowest BCUT2D eigenvalue weighted by Crippen LogP contribution is -2.34. The largest absolute Gasteiger partial charge is 0.383 e. The third-order valence-electron chi connectivity index (χ3n) is 3.13. The Labute approximate surface area is 139 Å². The van der Waals surface area contributed by atoms with Crippen LogP contribution in [0.5, 0.6) is 0 Å². The van der Waals surface area contributed by atoms with Crippen LogP contribution < -0.4 is 0 Å². The number of nitrogens with zero attached hydrogens (tertiary/aromatic N) is 1. The molecule has 22 heavy (non-hydrogen) atoms. The van der Waals surface area contributed by atoms with Gasteiger partial charge in [-0.3, -0.25) is 14.5 Å². The molecular weight excluding hydrogens is 322 g/mol. The highest BCUT2D eigenvalue weighted by atomic mass is 35.5. The summed E-state index contributed by atoms with van der Waals surface area (Å²) < 4.78 is 4.98. The van der Waals surface area contributed by atoms with E-state index in [4.69, 9.17) is 16.3 Å². The number of carbonyl (C=O) groups excluding carboxylic acids is 2. The predicted octanol–water partition coefficient (Wildman–Crippen LogP) is 3.21. The molecule has 1 aliphatic heterocycles. The van der Waals surface area contributed by atoms with Gasteiger partial charge in [0.2, 0.25) is 0 Å². The van der Waals surface area contributed by atoms with Gasteiger partial charge in [0, 0.05) is 17.4 Å². The molecule has 1 aromatic rings. The summed E-state index contributed by atoms with van der Waals surface area (Å²) in [6.07, 6.45) is 0. The third-order valence-corrected chi connectivity index (χ3v) is 4.47. The van der Waals surface area contributed by atoms with E-state index in [9.17, 15) is 9.59 Å². The third kappa shape index (κ3) is 3.54. The number of amides is 2. The number of imide groups is 1. The number of thioether (sulfide) groups is 1. The molecule has 0 radical (unpaired) electrons. The van der Waals surface area contributed by atoms with Gasteiger partial charge in [-0.15, -0.1) is 11.8 Å². The van der Waals surface area contributed by atoms with Gasteiger partial charge >= 0.3 is 0 Å². The molecule has 0 aromatic heterocycles. The first-order valence-corrected chi connectivity index (χ1v) is 8.23. The van der Waals surface area contributed by atoms with Crippen LogP contribution in [0.1, 0.15) is 19.4 Å². The first-order chi connectivity index (χ1) is 10.5. The highest BCUT2D eigenvalue weighted by Gasteiger charge is 2.39. The Bertz CT molecular complexity index is 610. The predicted molar refractivity (Wildman–Crippen MR) is 89.7 cm³/mol. The Balaban J connectivity index is 2.42. The van der Waals surface area contributed by atoms with E-state index >= 15 is 0 Å². The fourth-order valence-corrected chi connectivity index (χ4v) is 3.29. The van der Waals surface area contributed by atoms with Crippen LogP contribution >= 0.6 is 23.4 Å². The first-order valence-electron chi connectivity index (χ1n) is 6.97. The van der Waals surface area contributed by atoms with Gasteiger partial charge in [0.05, 0.1) is 23.6 Å². The number of ether oxygens (including phenoxy) is 1. The molecule has 118 valence electrons. The lowest BCUT2D eigenvalue weighted by Gasteiger charge is -2.14. The van der Waals surface area contributed by atoms with Crippen molar-refractivity contribution in [1.82, 2.24) is 4.90 Å². The van der Waals surface area contributed by atoms with E-state index in [0.29, 0.717) is 27.7 Å². The van der Waals surface area contributed by atoms with Crippen LogP contribution in [-0.2, 0) is 14.3 Å². The SMILES string of the molecule is COCCN1C(=O)C(SC(C)C)=C(c2ccc(Cl)cc2)C1=O. The van der Waals surface area contributed by atoms with E-state index in [1.807, 2.05) is 13.8 Å². The number of benzene rings is 1. The molecule has 4 nitrogen and oxygen atoms in total. The molecule has 1 aromatic carbocycles. The molecule has 0 bridgehead atoms. The zero-order valence-electron chi connectivity index (χ0n) is 12.8. The molecule has 2 amide bonds. The number of rotatable bonds is 6. The lowest BCUT2D eigenvalue weighted by atomic mass is 10.1. The Kier molecular flexibility index (Phi) is 5.67. The second-order valence-corrected chi connectivity index (χ2v) is 7.16. The Morgan fingerprint density at radius 2 is 1.82 bits per heavy atom. The highest BCUT2D eigenvalue weighted by Crippen LogP contribution is 2.37. The average Bonchev–Trinajstić information content (AvgIpc) is 2.69. The molecule has 0 aliphatic carbocycles. The summed E-state index contributed by atoms with van der Waals surface area (Å²) in [7, 11) is 1.54. The van der Waals surface area contributed by atoms with Gasteiger partial charge in [0.25, 0.3) is 11.8 Å². The normalized spacial score (nSPS) is 15.4. The van der Waals surface area contributed by atoms with Crippen molar-refractivity contribution in [2.75, 3.05) is 20.3 Å². The summed E-state index contributed by atoms with van der Waals surface area (Å²) in [6.45, 7) is 4.57. The van der Waals surface area contributed by atoms with Crippen LogP contribution in [0.3, 0.4) is 0 Å². The highest BCUT2D eigenvalue weighted by molar-refractivity contribution is 8.04. The van der Waals surface area contributed by atoms with E-state index < -0.39 is 0 Å². The number of hydrogen-bond acceptors (Lipinski definition) is 4. The van der Waals surface area contributed by atoms with Crippen molar-refractivity contribution in [3.8, 4) is 0 Å². The van der Waals surface area contributed by atoms with Crippen molar-refractivity contribution < 1.29 is 14.3 Å². The van der Waals surface area contributed by atoms with Crippen molar-refractivity contribution >= 4 is 40.8 Å². The Morgan fingerprint density at radius 3 is 2.36 bits per heavy atom. The lowest BCUT2D eigenvalue weighted by molar-refractivity contribution is -0.137. The van der Waals surface area contributed by atoms with Crippen molar-refractivity contribution in [3.05, 3.63) is 39.8 Å². The molecular formula is C16H18ClNO3S. The van der Waals surface area contributed by atoms with Crippen LogP contribution in [-0.4, -0.2) is 42.2 Å². The van der Waals surface area contributed by atoms with Crippen LogP contribution in [0.4, 0.5) is 0 Å². The molecule has 2 rings (SSSR count). The summed E-state index contributed by atoms with van der Waals surface area (Å²) in [5.74, 6) is -0.516. The molecule has 0 spiro atoms. The molecule has 0 saturated heterocycles. The van der Waals surface area contributed by atoms with Crippen LogP contribution in [0.15, 0.2) is 29.2 Å². The van der Waals surface area contributed by atoms with E-state index in [2.05, 4.69) is 0 Å². The maximum absolute atomic E-state index is 12.6. The summed E-state index contributed by atoms with van der Waals surface area (Å²) in [5.41, 5.74) is 1.17. The van der Waals surface area contributed by atoms with E-state index in [0.717, 1.165) is 0 Å². The number of hydrogen-bond donors (Lipinski definition) is 0. The fraction of sp³-hybridized carbons (Fsp3) is 0.375. The quantitative estimate of drug-likeness (QED) is 0.747. The van der Waals surface area contributed by atoms with Gasteiger partial charge in [-0.05, 0) is 17.7 Å². The Morgan fingerprint density at radius 1 is 1.18 bits per heavy atom. The number of methoxy groups -OCH3 is 1. The zero-order chi connectivity index (χ0) is 16.3. The van der Waals surface area contributed by atoms with Crippen molar-refractivity contribution in [2.45, 2.75) is 19.1 Å². The molecule has 0 atom stereocenters. The summed E-state index contributed by atoms with van der Waals surface area (Å²) >= 11 is 7.31. The van der Waals surface area contributed by atoms with Gasteiger partial charge < -0.3 is 4.74 Å². The van der Waals surface area contributed by atoms with Crippen molar-refractivity contribution in [3.63, 3.8) is 0 Å². The Hall–Kier alpha value is -1.30. The minimum absolute atomic E-state index is 0.205. The molecule has 0 fully saturated rings. The molecule has 6 heteroatoms. The number of carbonyl (C=O) groups is 2. The summed E-state index contributed by atoms with van der Waals surface area (Å²) in [5, 5.41) is 0.798. The van der Waals surface area contributed by atoms with Gasteiger partial charge in [0.1, 0.15) is 0 Å². The minimum atomic E-state index is -0.271. The summed E-state index contributed by atoms with van der Waals surface area (Å²) in [6, 6.07) is 6.97. The van der Waals surface area contributed by atoms with Crippen molar-refractivity contribution in [2.24, 2.45) is 0 Å². The van der Waals surface area contributed by atoms with Crippen LogP contribution in [0.2, 0.25) is 5.02 Å². The number of halogens is 1. The van der Waals surface area contributed by atoms with Crippen LogP contribution in [0.25, 0.3) is 5.57 Å². The van der Waals surface area contributed by atoms with E-state index in [-0.39, 0.29) is 23.6 Å². The fourth-order valence-electron chi connectivity index (χ4n) is 2.16. The molecule has 0 N–H and O–H groups in total. The molecule has 1 heterocycles. The van der Waals surface area contributed by atoms with E-state index in [1.54, 1.807) is 31.4 Å².